The molecule has 4 heteroatoms. The van der Waals surface area contributed by atoms with Gasteiger partial charge in [-0.2, -0.15) is 5.26 Å². The van der Waals surface area contributed by atoms with E-state index < -0.39 is 0 Å². The van der Waals surface area contributed by atoms with Gasteiger partial charge in [0.05, 0.1) is 0 Å². The Balaban J connectivity index is -0.0000000200. The van der Waals surface area contributed by atoms with E-state index in [1.54, 1.807) is 0 Å². The Morgan fingerprint density at radius 3 is 1.60 bits per heavy atom. The summed E-state index contributed by atoms with van der Waals surface area (Å²) < 4.78 is 0. The Morgan fingerprint density at radius 2 is 1.60 bits per heavy atom. The molecule has 0 amide bonds. The van der Waals surface area contributed by atoms with Crippen LogP contribution in [0.15, 0.2) is 0 Å². The summed E-state index contributed by atoms with van der Waals surface area (Å²) in [5.74, 6) is 0. The number of nitrogens with two attached hydrogens (primary N) is 1. The fourth-order valence-corrected chi connectivity index (χ4v) is 0. The molecule has 0 aliphatic heterocycles. The molecule has 0 unspecified atom stereocenters. The molecule has 1 radical (unpaired) electrons. The van der Waals surface area contributed by atoms with Crippen molar-refractivity contribution in [3.63, 3.8) is 0 Å². The average molecular weight is 166 g/mol. The van der Waals surface area contributed by atoms with Gasteiger partial charge in [0.15, 0.2) is 6.19 Å². The van der Waals surface area contributed by atoms with Crippen molar-refractivity contribution in [2.75, 3.05) is 0 Å². The SMILES string of the molecule is N#CN.[Co].[Zn]. The van der Waals surface area contributed by atoms with Gasteiger partial charge < -0.3 is 5.73 Å². The number of hydrogen-bond donors (Lipinski definition) is 1. The zero-order chi connectivity index (χ0) is 2.71. The predicted octanol–water partition coefficient (Wildman–Crippen LogP) is -0.579. The van der Waals surface area contributed by atoms with Crippen LogP contribution in [0.2, 0.25) is 0 Å². The standard InChI is InChI=1S/CH2N2.Co.Zn/c2-1-3;;/h2H2;;. The van der Waals surface area contributed by atoms with Crippen LogP contribution >= 0.6 is 0 Å². The van der Waals surface area contributed by atoms with Crippen LogP contribution in [-0.4, -0.2) is 0 Å². The maximum Gasteiger partial charge on any atom is 0.173 e. The second-order valence-corrected chi connectivity index (χ2v) is 0.129. The average Bonchev–Trinajstić information content (AvgIpc) is 0.918. The molecule has 0 aromatic rings. The van der Waals surface area contributed by atoms with E-state index in [1.807, 2.05) is 0 Å². The Morgan fingerprint density at radius 1 is 1.60 bits per heavy atom. The molecule has 0 spiro atoms. The molecule has 0 aliphatic rings. The van der Waals surface area contributed by atoms with Crippen LogP contribution in [0.3, 0.4) is 0 Å². The van der Waals surface area contributed by atoms with Crippen LogP contribution in [0.4, 0.5) is 0 Å². The van der Waals surface area contributed by atoms with Gasteiger partial charge in [-0.25, -0.2) is 0 Å². The first-order valence-corrected chi connectivity index (χ1v) is 0.512. The monoisotopic (exact) mass is 165 g/mol. The smallest absolute Gasteiger partial charge is 0.173 e. The molecule has 0 fully saturated rings. The minimum Gasteiger partial charge on any atom is -0.337 e. The predicted molar refractivity (Wildman–Crippen MR) is 9.80 cm³/mol. The van der Waals surface area contributed by atoms with Gasteiger partial charge in [-0.1, -0.05) is 0 Å². The van der Waals surface area contributed by atoms with E-state index in [-0.39, 0.29) is 36.3 Å². The second-order valence-electron chi connectivity index (χ2n) is 0.129. The van der Waals surface area contributed by atoms with E-state index in [0.717, 1.165) is 0 Å². The van der Waals surface area contributed by atoms with Crippen LogP contribution in [-0.2, 0) is 36.3 Å². The molecule has 0 aliphatic carbocycles. The minimum atomic E-state index is 0. The normalized spacial score (nSPS) is 1.40. The molecule has 0 aromatic heterocycles. The summed E-state index contributed by atoms with van der Waals surface area (Å²) in [7, 11) is 0. The van der Waals surface area contributed by atoms with Gasteiger partial charge in [0.2, 0.25) is 0 Å². The second kappa shape index (κ2) is 25.6. The van der Waals surface area contributed by atoms with Crippen LogP contribution in [0.1, 0.15) is 0 Å². The Labute approximate surface area is 53.7 Å². The van der Waals surface area contributed by atoms with Gasteiger partial charge in [-0.3, -0.25) is 0 Å². The molecule has 0 saturated carbocycles. The van der Waals surface area contributed by atoms with E-state index in [9.17, 15) is 0 Å². The van der Waals surface area contributed by atoms with Crippen molar-refractivity contribution in [3.05, 3.63) is 0 Å². The summed E-state index contributed by atoms with van der Waals surface area (Å²) in [6.07, 6.45) is 1.25. The number of nitriles is 1. The largest absolute Gasteiger partial charge is 0.337 e. The summed E-state index contributed by atoms with van der Waals surface area (Å²) in [6, 6.07) is 0. The molecule has 0 rings (SSSR count). The van der Waals surface area contributed by atoms with E-state index in [0.29, 0.717) is 0 Å². The van der Waals surface area contributed by atoms with Gasteiger partial charge in [-0.15, -0.1) is 0 Å². The van der Waals surface area contributed by atoms with Gasteiger partial charge in [0.25, 0.3) is 0 Å². The Bertz CT molecular complexity index is 31.1. The minimum absolute atomic E-state index is 0. The molecule has 0 heterocycles. The van der Waals surface area contributed by atoms with Crippen molar-refractivity contribution < 1.29 is 36.3 Å². The van der Waals surface area contributed by atoms with Gasteiger partial charge >= 0.3 is 0 Å². The van der Waals surface area contributed by atoms with Crippen molar-refractivity contribution >= 4 is 0 Å². The molecule has 0 bridgehead atoms. The summed E-state index contributed by atoms with van der Waals surface area (Å²) in [5, 5.41) is 7.10. The number of hydrogen-bond acceptors (Lipinski definition) is 2. The van der Waals surface area contributed by atoms with E-state index in [4.69, 9.17) is 5.26 Å². The maximum absolute atomic E-state index is 7.10. The topological polar surface area (TPSA) is 49.8 Å². The van der Waals surface area contributed by atoms with Crippen molar-refractivity contribution in [3.8, 4) is 6.19 Å². The molecule has 27 valence electrons. The van der Waals surface area contributed by atoms with E-state index >= 15 is 0 Å². The first-order chi connectivity index (χ1) is 1.41. The molecular formula is CH2CoN2Zn. The number of nitrogens with zero attached hydrogens (tertiary/aromatic N) is 1. The molecule has 2 nitrogen and oxygen atoms in total. The molecular weight excluding hydrogens is 164 g/mol. The third kappa shape index (κ3) is 147. The first-order valence-electron chi connectivity index (χ1n) is 0.512. The van der Waals surface area contributed by atoms with Gasteiger partial charge in [-0.05, 0) is 0 Å². The van der Waals surface area contributed by atoms with Gasteiger partial charge in [0, 0.05) is 36.3 Å². The van der Waals surface area contributed by atoms with Crippen LogP contribution in [0.5, 0.6) is 0 Å². The van der Waals surface area contributed by atoms with Crippen molar-refractivity contribution in [2.24, 2.45) is 5.73 Å². The van der Waals surface area contributed by atoms with Crippen molar-refractivity contribution in [1.82, 2.24) is 0 Å². The van der Waals surface area contributed by atoms with Crippen LogP contribution in [0.25, 0.3) is 0 Å². The summed E-state index contributed by atoms with van der Waals surface area (Å²) in [6.45, 7) is 0. The summed E-state index contributed by atoms with van der Waals surface area (Å²) in [5.41, 5.74) is 4.15. The number of rotatable bonds is 0. The quantitative estimate of drug-likeness (QED) is 0.297. The molecule has 2 N–H and O–H groups in total. The third-order valence-corrected chi connectivity index (χ3v) is 0. The van der Waals surface area contributed by atoms with E-state index in [2.05, 4.69) is 5.73 Å². The van der Waals surface area contributed by atoms with Crippen LogP contribution < -0.4 is 5.73 Å². The van der Waals surface area contributed by atoms with E-state index in [1.165, 1.54) is 6.19 Å². The zero-order valence-electron chi connectivity index (χ0n) is 2.57. The van der Waals surface area contributed by atoms with Crippen LogP contribution in [0, 0.1) is 11.5 Å². The Kier molecular flexibility index (Phi) is 92.7. The molecule has 0 saturated heterocycles. The fraction of sp³-hybridized carbons (Fsp3) is 0. The maximum atomic E-state index is 7.10. The Hall–Kier alpha value is 0.420. The van der Waals surface area contributed by atoms with Crippen molar-refractivity contribution in [1.29, 1.82) is 5.26 Å². The molecule has 0 atom stereocenters. The fourth-order valence-electron chi connectivity index (χ4n) is 0. The van der Waals surface area contributed by atoms with Crippen molar-refractivity contribution in [2.45, 2.75) is 0 Å². The summed E-state index contributed by atoms with van der Waals surface area (Å²) in [4.78, 5) is 0. The third-order valence-electron chi connectivity index (χ3n) is 0. The molecule has 5 heavy (non-hydrogen) atoms. The first kappa shape index (κ1) is 18.1. The summed E-state index contributed by atoms with van der Waals surface area (Å²) >= 11 is 0. The zero-order valence-corrected chi connectivity index (χ0v) is 6.57. The molecule has 0 aromatic carbocycles. The van der Waals surface area contributed by atoms with Gasteiger partial charge in [0.1, 0.15) is 0 Å².